The molecule has 1 aliphatic rings. The maximum absolute atomic E-state index is 12.4. The summed E-state index contributed by atoms with van der Waals surface area (Å²) in [6, 6.07) is 7.25. The van der Waals surface area contributed by atoms with Crippen molar-refractivity contribution in [2.45, 2.75) is 33.1 Å². The third-order valence-electron chi connectivity index (χ3n) is 3.85. The highest BCUT2D eigenvalue weighted by Crippen LogP contribution is 2.22. The average molecular weight is 302 g/mol. The molecule has 1 saturated heterocycles. The van der Waals surface area contributed by atoms with Crippen molar-refractivity contribution < 1.29 is 14.4 Å². The zero-order chi connectivity index (χ0) is 16.4. The van der Waals surface area contributed by atoms with Gasteiger partial charge in [-0.15, -0.1) is 0 Å². The number of imide groups is 3. The van der Waals surface area contributed by atoms with Crippen molar-refractivity contribution >= 4 is 17.8 Å². The van der Waals surface area contributed by atoms with Crippen LogP contribution in [0.4, 0.5) is 4.79 Å². The Labute approximate surface area is 130 Å². The number of hydrogen-bond donors (Lipinski definition) is 0. The van der Waals surface area contributed by atoms with E-state index in [1.54, 1.807) is 6.92 Å². The number of hydrogen-bond acceptors (Lipinski definition) is 3. The number of benzene rings is 1. The van der Waals surface area contributed by atoms with Crippen LogP contribution in [0.25, 0.3) is 0 Å². The molecule has 22 heavy (non-hydrogen) atoms. The van der Waals surface area contributed by atoms with Crippen LogP contribution in [-0.4, -0.2) is 41.2 Å². The topological polar surface area (TPSA) is 57.7 Å². The second-order valence-electron chi connectivity index (χ2n) is 6.27. The van der Waals surface area contributed by atoms with Crippen LogP contribution in [0.1, 0.15) is 37.8 Å². The third kappa shape index (κ3) is 3.18. The van der Waals surface area contributed by atoms with Crippen molar-refractivity contribution in [2.75, 3.05) is 13.6 Å². The van der Waals surface area contributed by atoms with E-state index in [0.29, 0.717) is 5.92 Å². The lowest BCUT2D eigenvalue weighted by Gasteiger charge is -2.18. The summed E-state index contributed by atoms with van der Waals surface area (Å²) >= 11 is 0. The van der Waals surface area contributed by atoms with Gasteiger partial charge < -0.3 is 4.90 Å². The lowest BCUT2D eigenvalue weighted by atomic mass is 9.96. The van der Waals surface area contributed by atoms with Gasteiger partial charge in [0.1, 0.15) is 6.54 Å². The molecule has 1 unspecified atom stereocenters. The Morgan fingerprint density at radius 3 is 2.18 bits per heavy atom. The van der Waals surface area contributed by atoms with Gasteiger partial charge in [0.25, 0.3) is 5.91 Å². The Hall–Kier alpha value is -2.17. The smallest absolute Gasteiger partial charge is 0.318 e. The normalized spacial score (nSPS) is 16.6. The Kier molecular flexibility index (Phi) is 4.64. The number of carbonyl (C=O) groups excluding carboxylic acids is 3. The Bertz CT molecular complexity index is 592. The van der Waals surface area contributed by atoms with E-state index < -0.39 is 23.8 Å². The van der Waals surface area contributed by atoms with Crippen LogP contribution in [0.5, 0.6) is 0 Å². The fourth-order valence-electron chi connectivity index (χ4n) is 2.59. The van der Waals surface area contributed by atoms with Gasteiger partial charge in [-0.1, -0.05) is 38.1 Å². The lowest BCUT2D eigenvalue weighted by Crippen LogP contribution is -2.39. The van der Waals surface area contributed by atoms with Crippen LogP contribution >= 0.6 is 0 Å². The highest BCUT2D eigenvalue weighted by Gasteiger charge is 2.40. The van der Waals surface area contributed by atoms with Crippen LogP contribution < -0.4 is 0 Å². The fourth-order valence-corrected chi connectivity index (χ4v) is 2.59. The number of likely N-dealkylation sites (N-methyl/N-ethyl adjacent to an activating group) is 1. The fraction of sp³-hybridized carbons (Fsp3) is 0.471. The predicted molar refractivity (Wildman–Crippen MR) is 83.3 cm³/mol. The monoisotopic (exact) mass is 302 g/mol. The van der Waals surface area contributed by atoms with Gasteiger partial charge in [0, 0.05) is 7.05 Å². The predicted octanol–water partition coefficient (Wildman–Crippen LogP) is 2.41. The molecular weight excluding hydrogens is 280 g/mol. The summed E-state index contributed by atoms with van der Waals surface area (Å²) in [4.78, 5) is 38.1. The summed E-state index contributed by atoms with van der Waals surface area (Å²) in [7, 11) is 1.51. The summed E-state index contributed by atoms with van der Waals surface area (Å²) in [5, 5.41) is 0. The molecule has 0 spiro atoms. The highest BCUT2D eigenvalue weighted by atomic mass is 16.2. The van der Waals surface area contributed by atoms with Gasteiger partial charge in [0.05, 0.1) is 5.92 Å². The van der Waals surface area contributed by atoms with E-state index in [2.05, 4.69) is 13.8 Å². The number of rotatable bonds is 4. The molecule has 1 atom stereocenters. The first-order chi connectivity index (χ1) is 10.3. The molecule has 4 amide bonds. The molecule has 0 N–H and O–H groups in total. The molecule has 0 saturated carbocycles. The van der Waals surface area contributed by atoms with Gasteiger partial charge >= 0.3 is 6.03 Å². The van der Waals surface area contributed by atoms with E-state index in [1.165, 1.54) is 17.5 Å². The van der Waals surface area contributed by atoms with E-state index in [0.717, 1.165) is 16.9 Å². The van der Waals surface area contributed by atoms with Crippen molar-refractivity contribution in [3.05, 3.63) is 35.4 Å². The van der Waals surface area contributed by atoms with Crippen molar-refractivity contribution in [3.63, 3.8) is 0 Å². The highest BCUT2D eigenvalue weighted by molar-refractivity contribution is 6.16. The quantitative estimate of drug-likeness (QED) is 0.803. The molecule has 118 valence electrons. The summed E-state index contributed by atoms with van der Waals surface area (Å²) in [5.41, 5.74) is 2.03. The van der Waals surface area contributed by atoms with Crippen molar-refractivity contribution in [3.8, 4) is 0 Å². The first kappa shape index (κ1) is 16.2. The molecule has 1 heterocycles. The van der Waals surface area contributed by atoms with Gasteiger partial charge in [-0.05, 0) is 30.4 Å². The minimum atomic E-state index is -0.543. The SMILES string of the molecule is CC(C)Cc1ccc(C(C)C(=O)N2C(=O)CN(C)C2=O)cc1. The van der Waals surface area contributed by atoms with Gasteiger partial charge in [0.15, 0.2) is 0 Å². The zero-order valence-electron chi connectivity index (χ0n) is 13.5. The molecule has 0 bridgehead atoms. The molecule has 5 nitrogen and oxygen atoms in total. The molecule has 5 heteroatoms. The van der Waals surface area contributed by atoms with Crippen LogP contribution in [0.3, 0.4) is 0 Å². The van der Waals surface area contributed by atoms with Gasteiger partial charge in [-0.2, -0.15) is 4.90 Å². The first-order valence-corrected chi connectivity index (χ1v) is 7.52. The molecule has 1 fully saturated rings. The third-order valence-corrected chi connectivity index (χ3v) is 3.85. The lowest BCUT2D eigenvalue weighted by molar-refractivity contribution is -0.139. The first-order valence-electron chi connectivity index (χ1n) is 7.52. The zero-order valence-corrected chi connectivity index (χ0v) is 13.5. The second kappa shape index (κ2) is 6.30. The van der Waals surface area contributed by atoms with Gasteiger partial charge in [0.2, 0.25) is 5.91 Å². The number of carbonyl (C=O) groups is 3. The second-order valence-corrected chi connectivity index (χ2v) is 6.27. The van der Waals surface area contributed by atoms with E-state index in [9.17, 15) is 14.4 Å². The number of amides is 4. The molecule has 1 aliphatic heterocycles. The number of urea groups is 1. The van der Waals surface area contributed by atoms with Crippen LogP contribution in [0, 0.1) is 5.92 Å². The van der Waals surface area contributed by atoms with E-state index in [-0.39, 0.29) is 6.54 Å². The van der Waals surface area contributed by atoms with E-state index in [1.807, 2.05) is 24.3 Å². The van der Waals surface area contributed by atoms with Crippen molar-refractivity contribution in [1.82, 2.24) is 9.80 Å². The average Bonchev–Trinajstić information content (AvgIpc) is 2.71. The van der Waals surface area contributed by atoms with E-state index >= 15 is 0 Å². The Balaban J connectivity index is 2.14. The van der Waals surface area contributed by atoms with Crippen molar-refractivity contribution in [2.24, 2.45) is 5.92 Å². The van der Waals surface area contributed by atoms with Crippen LogP contribution in [-0.2, 0) is 16.0 Å². The maximum atomic E-state index is 12.4. The number of nitrogens with zero attached hydrogens (tertiary/aromatic N) is 2. The minimum absolute atomic E-state index is 0.0371. The summed E-state index contributed by atoms with van der Waals surface area (Å²) in [6.45, 7) is 5.99. The standard InChI is InChI=1S/C17H22N2O3/c1-11(2)9-13-5-7-14(8-6-13)12(3)16(21)19-15(20)10-18(4)17(19)22/h5-8,11-12H,9-10H2,1-4H3. The maximum Gasteiger partial charge on any atom is 0.333 e. The Morgan fingerprint density at radius 2 is 1.73 bits per heavy atom. The van der Waals surface area contributed by atoms with Crippen LogP contribution in [0.15, 0.2) is 24.3 Å². The molecule has 2 rings (SSSR count). The summed E-state index contributed by atoms with van der Waals surface area (Å²) in [6.07, 6.45) is 0.983. The van der Waals surface area contributed by atoms with E-state index in [4.69, 9.17) is 0 Å². The molecule has 0 radical (unpaired) electrons. The molecule has 0 aliphatic carbocycles. The molecular formula is C17H22N2O3. The molecule has 1 aromatic carbocycles. The minimum Gasteiger partial charge on any atom is -0.318 e. The molecule has 0 aromatic heterocycles. The molecule has 1 aromatic rings. The van der Waals surface area contributed by atoms with Gasteiger partial charge in [-0.25, -0.2) is 4.79 Å². The van der Waals surface area contributed by atoms with Crippen molar-refractivity contribution in [1.29, 1.82) is 0 Å². The summed E-state index contributed by atoms with van der Waals surface area (Å²) in [5.74, 6) is -0.871. The Morgan fingerprint density at radius 1 is 1.14 bits per heavy atom. The largest absolute Gasteiger partial charge is 0.333 e. The van der Waals surface area contributed by atoms with Gasteiger partial charge in [-0.3, -0.25) is 9.59 Å². The summed E-state index contributed by atoms with van der Waals surface area (Å²) < 4.78 is 0. The van der Waals surface area contributed by atoms with Crippen LogP contribution in [0.2, 0.25) is 0 Å².